The maximum Gasteiger partial charge on any atom is 0.252 e. The Hall–Kier alpha value is -2.27. The molecule has 1 atom stereocenters. The lowest BCUT2D eigenvalue weighted by Gasteiger charge is -2.29. The van der Waals surface area contributed by atoms with Crippen LogP contribution in [0, 0.1) is 5.82 Å². The zero-order valence-corrected chi connectivity index (χ0v) is 12.0. The minimum absolute atomic E-state index is 0.151. The Kier molecular flexibility index (Phi) is 4.65. The van der Waals surface area contributed by atoms with Gasteiger partial charge in [0.2, 0.25) is 0 Å². The van der Waals surface area contributed by atoms with E-state index in [1.807, 2.05) is 0 Å². The molecule has 2 aromatic rings. The SMILES string of the molecule is COC(C)(CNC(=O)c1cccnc1)c1ccccc1F. The number of ether oxygens (including phenoxy) is 1. The lowest BCUT2D eigenvalue weighted by molar-refractivity contribution is 0.000386. The van der Waals surface area contributed by atoms with Crippen molar-refractivity contribution in [2.75, 3.05) is 13.7 Å². The van der Waals surface area contributed by atoms with E-state index in [1.165, 1.54) is 19.4 Å². The Morgan fingerprint density at radius 3 is 2.71 bits per heavy atom. The van der Waals surface area contributed by atoms with Gasteiger partial charge in [-0.05, 0) is 25.1 Å². The predicted molar refractivity (Wildman–Crippen MR) is 77.3 cm³/mol. The van der Waals surface area contributed by atoms with Crippen LogP contribution in [0.3, 0.4) is 0 Å². The van der Waals surface area contributed by atoms with Crippen LogP contribution in [-0.4, -0.2) is 24.5 Å². The fourth-order valence-corrected chi connectivity index (χ4v) is 2.02. The van der Waals surface area contributed by atoms with Crippen molar-refractivity contribution in [1.29, 1.82) is 0 Å². The van der Waals surface area contributed by atoms with Gasteiger partial charge < -0.3 is 10.1 Å². The summed E-state index contributed by atoms with van der Waals surface area (Å²) in [5.74, 6) is -0.639. The highest BCUT2D eigenvalue weighted by Gasteiger charge is 2.29. The Labute approximate surface area is 123 Å². The highest BCUT2D eigenvalue weighted by molar-refractivity contribution is 5.93. The van der Waals surface area contributed by atoms with Crippen molar-refractivity contribution in [3.8, 4) is 0 Å². The molecule has 1 aromatic carbocycles. The van der Waals surface area contributed by atoms with E-state index in [0.29, 0.717) is 11.1 Å². The highest BCUT2D eigenvalue weighted by atomic mass is 19.1. The van der Waals surface area contributed by atoms with Crippen molar-refractivity contribution >= 4 is 5.91 Å². The van der Waals surface area contributed by atoms with E-state index in [2.05, 4.69) is 10.3 Å². The zero-order valence-electron chi connectivity index (χ0n) is 12.0. The van der Waals surface area contributed by atoms with Crippen molar-refractivity contribution < 1.29 is 13.9 Å². The first kappa shape index (κ1) is 15.1. The maximum absolute atomic E-state index is 13.9. The molecule has 0 saturated heterocycles. The van der Waals surface area contributed by atoms with Crippen LogP contribution in [0.25, 0.3) is 0 Å². The first-order valence-corrected chi connectivity index (χ1v) is 6.55. The fourth-order valence-electron chi connectivity index (χ4n) is 2.02. The van der Waals surface area contributed by atoms with Gasteiger partial charge >= 0.3 is 0 Å². The van der Waals surface area contributed by atoms with Crippen LogP contribution in [0.2, 0.25) is 0 Å². The molecule has 4 nitrogen and oxygen atoms in total. The van der Waals surface area contributed by atoms with Crippen molar-refractivity contribution in [2.24, 2.45) is 0 Å². The van der Waals surface area contributed by atoms with Gasteiger partial charge in [-0.25, -0.2) is 4.39 Å². The number of nitrogens with one attached hydrogen (secondary N) is 1. The number of hydrogen-bond acceptors (Lipinski definition) is 3. The van der Waals surface area contributed by atoms with E-state index in [0.717, 1.165) is 0 Å². The van der Waals surface area contributed by atoms with Gasteiger partial charge in [-0.15, -0.1) is 0 Å². The summed E-state index contributed by atoms with van der Waals surface area (Å²) in [7, 11) is 1.49. The summed E-state index contributed by atoms with van der Waals surface area (Å²) in [4.78, 5) is 15.9. The fraction of sp³-hybridized carbons (Fsp3) is 0.250. The molecule has 1 aromatic heterocycles. The lowest BCUT2D eigenvalue weighted by Crippen LogP contribution is -2.40. The van der Waals surface area contributed by atoms with E-state index in [4.69, 9.17) is 4.74 Å². The third-order valence-electron chi connectivity index (χ3n) is 3.40. The average molecular weight is 288 g/mol. The molecule has 2 rings (SSSR count). The van der Waals surface area contributed by atoms with Gasteiger partial charge in [0, 0.05) is 25.1 Å². The quantitative estimate of drug-likeness (QED) is 0.919. The Morgan fingerprint density at radius 1 is 1.33 bits per heavy atom. The summed E-state index contributed by atoms with van der Waals surface area (Å²) >= 11 is 0. The second-order valence-electron chi connectivity index (χ2n) is 4.84. The van der Waals surface area contributed by atoms with Gasteiger partial charge in [-0.3, -0.25) is 9.78 Å². The van der Waals surface area contributed by atoms with Crippen LogP contribution in [0.5, 0.6) is 0 Å². The molecule has 0 aliphatic rings. The molecule has 1 N–H and O–H groups in total. The molecule has 110 valence electrons. The molecule has 0 fully saturated rings. The molecule has 21 heavy (non-hydrogen) atoms. The molecule has 1 amide bonds. The Morgan fingerprint density at radius 2 is 2.10 bits per heavy atom. The molecule has 0 saturated carbocycles. The number of carbonyl (C=O) groups is 1. The molecule has 1 unspecified atom stereocenters. The standard InChI is InChI=1S/C16H17FN2O2/c1-16(21-2,13-7-3-4-8-14(13)17)11-19-15(20)12-6-5-9-18-10-12/h3-10H,11H2,1-2H3,(H,19,20). The van der Waals surface area contributed by atoms with Crippen molar-refractivity contribution in [1.82, 2.24) is 10.3 Å². The molecule has 0 radical (unpaired) electrons. The van der Waals surface area contributed by atoms with E-state index < -0.39 is 5.60 Å². The van der Waals surface area contributed by atoms with Crippen LogP contribution < -0.4 is 5.32 Å². The topological polar surface area (TPSA) is 51.2 Å². The number of amides is 1. The van der Waals surface area contributed by atoms with Gasteiger partial charge in [0.05, 0.1) is 12.1 Å². The molecule has 5 heteroatoms. The van der Waals surface area contributed by atoms with Crippen LogP contribution in [0.1, 0.15) is 22.8 Å². The minimum atomic E-state index is -0.941. The normalized spacial score (nSPS) is 13.5. The van der Waals surface area contributed by atoms with Gasteiger partial charge in [-0.1, -0.05) is 18.2 Å². The molecule has 0 aliphatic carbocycles. The van der Waals surface area contributed by atoms with Crippen LogP contribution in [0.4, 0.5) is 4.39 Å². The van der Waals surface area contributed by atoms with Crippen LogP contribution in [0.15, 0.2) is 48.8 Å². The van der Waals surface area contributed by atoms with Gasteiger partial charge in [0.25, 0.3) is 5.91 Å². The largest absolute Gasteiger partial charge is 0.372 e. The number of rotatable bonds is 5. The van der Waals surface area contributed by atoms with E-state index >= 15 is 0 Å². The number of pyridine rings is 1. The number of aromatic nitrogens is 1. The number of nitrogens with zero attached hydrogens (tertiary/aromatic N) is 1. The average Bonchev–Trinajstić information content (AvgIpc) is 2.53. The van der Waals surface area contributed by atoms with Crippen LogP contribution in [-0.2, 0) is 10.3 Å². The molecule has 0 bridgehead atoms. The number of carbonyl (C=O) groups excluding carboxylic acids is 1. The smallest absolute Gasteiger partial charge is 0.252 e. The van der Waals surface area contributed by atoms with E-state index in [-0.39, 0.29) is 18.3 Å². The predicted octanol–water partition coefficient (Wildman–Crippen LogP) is 2.51. The summed E-state index contributed by atoms with van der Waals surface area (Å²) in [6.45, 7) is 1.88. The summed E-state index contributed by atoms with van der Waals surface area (Å²) in [5, 5.41) is 2.75. The molecule has 0 spiro atoms. The van der Waals surface area contributed by atoms with E-state index in [1.54, 1.807) is 43.5 Å². The third-order valence-corrected chi connectivity index (χ3v) is 3.40. The number of methoxy groups -OCH3 is 1. The van der Waals surface area contributed by atoms with Crippen molar-refractivity contribution in [2.45, 2.75) is 12.5 Å². The number of benzene rings is 1. The third kappa shape index (κ3) is 3.44. The molecular weight excluding hydrogens is 271 g/mol. The summed E-state index contributed by atoms with van der Waals surface area (Å²) in [6, 6.07) is 9.71. The maximum atomic E-state index is 13.9. The second-order valence-corrected chi connectivity index (χ2v) is 4.84. The van der Waals surface area contributed by atoms with Gasteiger partial charge in [0.15, 0.2) is 0 Å². The minimum Gasteiger partial charge on any atom is -0.372 e. The lowest BCUT2D eigenvalue weighted by atomic mass is 9.95. The number of hydrogen-bond donors (Lipinski definition) is 1. The first-order chi connectivity index (χ1) is 10.1. The molecule has 1 heterocycles. The summed E-state index contributed by atoms with van der Waals surface area (Å²) in [6.07, 6.45) is 3.07. The summed E-state index contributed by atoms with van der Waals surface area (Å²) in [5.41, 5.74) is -0.0908. The highest BCUT2D eigenvalue weighted by Crippen LogP contribution is 2.26. The van der Waals surface area contributed by atoms with E-state index in [9.17, 15) is 9.18 Å². The molecular formula is C16H17FN2O2. The van der Waals surface area contributed by atoms with Gasteiger partial charge in [0.1, 0.15) is 11.4 Å². The number of halogens is 1. The second kappa shape index (κ2) is 6.45. The van der Waals surface area contributed by atoms with Crippen molar-refractivity contribution in [3.05, 3.63) is 65.7 Å². The van der Waals surface area contributed by atoms with Crippen LogP contribution >= 0.6 is 0 Å². The monoisotopic (exact) mass is 288 g/mol. The Bertz CT molecular complexity index is 619. The zero-order chi connectivity index (χ0) is 15.3. The van der Waals surface area contributed by atoms with Gasteiger partial charge in [-0.2, -0.15) is 0 Å². The molecule has 0 aliphatic heterocycles. The summed E-state index contributed by atoms with van der Waals surface area (Å²) < 4.78 is 19.3. The Balaban J connectivity index is 2.13. The van der Waals surface area contributed by atoms with Crippen molar-refractivity contribution in [3.63, 3.8) is 0 Å². The first-order valence-electron chi connectivity index (χ1n) is 6.55.